The molecule has 2 heterocycles. The molecule has 50 heavy (non-hydrogen) atoms. The predicted molar refractivity (Wildman–Crippen MR) is 200 cm³/mol. The zero-order valence-electron chi connectivity index (χ0n) is 28.4. The molecule has 2 aliphatic carbocycles. The van der Waals surface area contributed by atoms with Crippen molar-refractivity contribution in [2.45, 2.75) is 51.4 Å². The van der Waals surface area contributed by atoms with Crippen molar-refractivity contribution in [3.05, 3.63) is 126 Å². The van der Waals surface area contributed by atoms with Crippen LogP contribution in [0.1, 0.15) is 57.1 Å². The predicted octanol–water partition coefficient (Wildman–Crippen LogP) is 11.4. The van der Waals surface area contributed by atoms with E-state index < -0.39 is 0 Å². The molecule has 0 saturated heterocycles. The van der Waals surface area contributed by atoms with Crippen LogP contribution in [0.2, 0.25) is 0 Å². The maximum atomic E-state index is 9.42. The van der Waals surface area contributed by atoms with Crippen molar-refractivity contribution in [1.82, 2.24) is 15.0 Å². The normalized spacial score (nSPS) is 21.7. The second kappa shape index (κ2) is 12.1. The standard InChI is InChI=1S/C45H38N4O/c1-28-20-31-21-29(2)25-45(24-28,26-31)35-16-13-33(14-17-35)42-47-43(34-15-19-38-37-18-12-30(27-46)22-40(37)50-41(38)23-34)49-44(48-42)39-11-7-6-10-36(39)32-8-4-3-5-9-32/h3-19,22-23,28-29,31H,20-21,24-26H2,1-2H3/t28-,29+,31?,45?. The van der Waals surface area contributed by atoms with Gasteiger partial charge in [-0.05, 0) is 102 Å². The summed E-state index contributed by atoms with van der Waals surface area (Å²) in [4.78, 5) is 15.4. The van der Waals surface area contributed by atoms with Gasteiger partial charge in [-0.3, -0.25) is 0 Å². The number of fused-ring (bicyclic) bond motifs is 5. The van der Waals surface area contributed by atoms with E-state index in [-0.39, 0.29) is 5.41 Å². The number of furan rings is 1. The van der Waals surface area contributed by atoms with Gasteiger partial charge in [0.05, 0.1) is 11.6 Å². The lowest BCUT2D eigenvalue weighted by Crippen LogP contribution is -2.42. The van der Waals surface area contributed by atoms with Gasteiger partial charge in [-0.1, -0.05) is 98.8 Å². The lowest BCUT2D eigenvalue weighted by atomic mass is 9.54. The molecule has 2 bridgehead atoms. The van der Waals surface area contributed by atoms with Crippen LogP contribution in [-0.4, -0.2) is 15.0 Å². The van der Waals surface area contributed by atoms with Crippen LogP contribution >= 0.6 is 0 Å². The molecule has 2 fully saturated rings. The molecule has 0 aliphatic heterocycles. The molecule has 5 heteroatoms. The quantitative estimate of drug-likeness (QED) is 0.185. The van der Waals surface area contributed by atoms with Crippen molar-refractivity contribution in [3.8, 4) is 51.4 Å². The van der Waals surface area contributed by atoms with E-state index in [1.165, 1.54) is 37.7 Å². The molecule has 7 aromatic rings. The number of rotatable bonds is 5. The lowest BCUT2D eigenvalue weighted by Gasteiger charge is -2.50. The number of hydrogen-bond acceptors (Lipinski definition) is 5. The highest BCUT2D eigenvalue weighted by Gasteiger charge is 2.45. The summed E-state index contributed by atoms with van der Waals surface area (Å²) in [5.74, 6) is 4.21. The van der Waals surface area contributed by atoms with Crippen molar-refractivity contribution >= 4 is 21.9 Å². The number of nitriles is 1. The number of hydrogen-bond donors (Lipinski definition) is 0. The monoisotopic (exact) mass is 650 g/mol. The van der Waals surface area contributed by atoms with E-state index in [9.17, 15) is 5.26 Å². The molecule has 0 spiro atoms. The van der Waals surface area contributed by atoms with Crippen molar-refractivity contribution in [1.29, 1.82) is 5.26 Å². The average molecular weight is 651 g/mol. The van der Waals surface area contributed by atoms with E-state index in [1.54, 1.807) is 6.07 Å². The SMILES string of the molecule is C[C@@H]1CC2C[C@H](C)CC(c3ccc(-c4nc(-c5ccc6c(c5)oc5cc(C#N)ccc56)nc(-c5ccccc5-c5ccccc5)n4)cc3)(C2)C1. The molecule has 0 radical (unpaired) electrons. The Morgan fingerprint density at radius 3 is 1.92 bits per heavy atom. The molecule has 5 aromatic carbocycles. The third-order valence-corrected chi connectivity index (χ3v) is 11.1. The van der Waals surface area contributed by atoms with E-state index in [1.807, 2.05) is 30.3 Å². The first-order chi connectivity index (χ1) is 24.4. The zero-order chi connectivity index (χ0) is 33.8. The van der Waals surface area contributed by atoms with Crippen LogP contribution in [0.4, 0.5) is 0 Å². The molecular formula is C45H38N4O. The van der Waals surface area contributed by atoms with Crippen LogP contribution in [0, 0.1) is 29.1 Å². The van der Waals surface area contributed by atoms with Gasteiger partial charge in [0.1, 0.15) is 11.2 Å². The molecule has 2 saturated carbocycles. The highest BCUT2D eigenvalue weighted by Crippen LogP contribution is 2.54. The summed E-state index contributed by atoms with van der Waals surface area (Å²) in [6.07, 6.45) is 6.58. The van der Waals surface area contributed by atoms with E-state index in [4.69, 9.17) is 19.4 Å². The second-order valence-electron chi connectivity index (χ2n) is 14.9. The minimum absolute atomic E-state index is 0.262. The lowest BCUT2D eigenvalue weighted by molar-refractivity contribution is 0.0780. The average Bonchev–Trinajstić information content (AvgIpc) is 3.51. The summed E-state index contributed by atoms with van der Waals surface area (Å²) in [5.41, 5.74) is 8.66. The Labute approximate surface area is 292 Å². The first-order valence-electron chi connectivity index (χ1n) is 17.8. The highest BCUT2D eigenvalue weighted by atomic mass is 16.3. The molecule has 9 rings (SSSR count). The minimum Gasteiger partial charge on any atom is -0.456 e. The van der Waals surface area contributed by atoms with Crippen LogP contribution in [0.5, 0.6) is 0 Å². The molecule has 244 valence electrons. The number of benzene rings is 5. The molecule has 4 atom stereocenters. The van der Waals surface area contributed by atoms with Gasteiger partial charge in [-0.2, -0.15) is 5.26 Å². The van der Waals surface area contributed by atoms with E-state index in [0.717, 1.165) is 61.9 Å². The Kier molecular flexibility index (Phi) is 7.35. The minimum atomic E-state index is 0.262. The Morgan fingerprint density at radius 2 is 1.20 bits per heavy atom. The van der Waals surface area contributed by atoms with Crippen molar-refractivity contribution in [3.63, 3.8) is 0 Å². The smallest absolute Gasteiger partial charge is 0.164 e. The topological polar surface area (TPSA) is 75.6 Å². The van der Waals surface area contributed by atoms with Gasteiger partial charge in [0.25, 0.3) is 0 Å². The molecule has 2 aromatic heterocycles. The molecule has 5 nitrogen and oxygen atoms in total. The van der Waals surface area contributed by atoms with Crippen LogP contribution in [0.25, 0.3) is 67.2 Å². The maximum absolute atomic E-state index is 9.42. The first kappa shape index (κ1) is 30.5. The van der Waals surface area contributed by atoms with Crippen LogP contribution in [-0.2, 0) is 5.41 Å². The highest BCUT2D eigenvalue weighted by molar-refractivity contribution is 6.06. The summed E-state index contributed by atoms with van der Waals surface area (Å²) >= 11 is 0. The number of nitrogens with zero attached hydrogens (tertiary/aromatic N) is 4. The van der Waals surface area contributed by atoms with Gasteiger partial charge in [-0.15, -0.1) is 0 Å². The largest absolute Gasteiger partial charge is 0.456 e. The molecule has 0 N–H and O–H groups in total. The van der Waals surface area contributed by atoms with E-state index in [2.05, 4.69) is 98.8 Å². The molecular weight excluding hydrogens is 613 g/mol. The summed E-state index contributed by atoms with van der Waals surface area (Å²) in [7, 11) is 0. The maximum Gasteiger partial charge on any atom is 0.164 e. The molecule has 0 amide bonds. The van der Waals surface area contributed by atoms with Gasteiger partial charge in [0, 0.05) is 27.5 Å². The van der Waals surface area contributed by atoms with Gasteiger partial charge >= 0.3 is 0 Å². The molecule has 2 aliphatic rings. The van der Waals surface area contributed by atoms with Crippen LogP contribution in [0.15, 0.2) is 120 Å². The summed E-state index contributed by atoms with van der Waals surface area (Å²) < 4.78 is 6.26. The fourth-order valence-electron chi connectivity index (χ4n) is 9.32. The fourth-order valence-corrected chi connectivity index (χ4v) is 9.32. The Balaban J connectivity index is 1.18. The van der Waals surface area contributed by atoms with Crippen molar-refractivity contribution in [2.75, 3.05) is 0 Å². The van der Waals surface area contributed by atoms with E-state index >= 15 is 0 Å². The number of aromatic nitrogens is 3. The van der Waals surface area contributed by atoms with Gasteiger partial charge in [-0.25, -0.2) is 15.0 Å². The summed E-state index contributed by atoms with van der Waals surface area (Å²) in [6, 6.07) is 41.7. The first-order valence-corrected chi connectivity index (χ1v) is 17.8. The van der Waals surface area contributed by atoms with Crippen molar-refractivity contribution in [2.24, 2.45) is 17.8 Å². The Morgan fingerprint density at radius 1 is 0.600 bits per heavy atom. The van der Waals surface area contributed by atoms with Gasteiger partial charge < -0.3 is 4.42 Å². The van der Waals surface area contributed by atoms with Crippen LogP contribution < -0.4 is 0 Å². The third-order valence-electron chi connectivity index (χ3n) is 11.1. The second-order valence-corrected chi connectivity index (χ2v) is 14.9. The molecule has 2 unspecified atom stereocenters. The van der Waals surface area contributed by atoms with Crippen molar-refractivity contribution < 1.29 is 4.42 Å². The Hall–Kier alpha value is -5.60. The van der Waals surface area contributed by atoms with E-state index in [0.29, 0.717) is 28.6 Å². The zero-order valence-corrected chi connectivity index (χ0v) is 28.4. The summed E-state index contributed by atoms with van der Waals surface area (Å²) in [5, 5.41) is 11.4. The Bertz CT molecular complexity index is 2400. The third kappa shape index (κ3) is 5.36. The fraction of sp³-hybridized carbons (Fsp3) is 0.244. The van der Waals surface area contributed by atoms with Crippen LogP contribution in [0.3, 0.4) is 0 Å². The van der Waals surface area contributed by atoms with Gasteiger partial charge in [0.15, 0.2) is 17.5 Å². The van der Waals surface area contributed by atoms with Gasteiger partial charge in [0.2, 0.25) is 0 Å². The summed E-state index contributed by atoms with van der Waals surface area (Å²) in [6.45, 7) is 4.89.